The zero-order chi connectivity index (χ0) is 9.42. The molecule has 0 saturated heterocycles. The van der Waals surface area contributed by atoms with Crippen molar-refractivity contribution < 1.29 is 14.6 Å². The van der Waals surface area contributed by atoms with E-state index < -0.39 is 6.09 Å². The van der Waals surface area contributed by atoms with Crippen LogP contribution in [0.1, 0.15) is 11.1 Å². The summed E-state index contributed by atoms with van der Waals surface area (Å²) in [4.78, 5) is 12.0. The molecule has 0 atom stereocenters. The van der Waals surface area contributed by atoms with Gasteiger partial charge in [-0.05, 0) is 10.9 Å². The molecule has 70 valence electrons. The summed E-state index contributed by atoms with van der Waals surface area (Å²) in [5.74, 6) is 0. The van der Waals surface area contributed by atoms with Gasteiger partial charge in [-0.2, -0.15) is 0 Å². The highest BCUT2D eigenvalue weighted by Crippen LogP contribution is 2.36. The van der Waals surface area contributed by atoms with E-state index in [0.717, 1.165) is 16.2 Å². The van der Waals surface area contributed by atoms with Crippen LogP contribution in [0.3, 0.4) is 0 Å². The van der Waals surface area contributed by atoms with Gasteiger partial charge in [0, 0.05) is 5.56 Å². The predicted molar refractivity (Wildman–Crippen MR) is 48.1 cm³/mol. The minimum Gasteiger partial charge on any atom is -0.487 e. The minimum absolute atomic E-state index is 0.456. The molecule has 13 heavy (non-hydrogen) atoms. The Labute approximate surface area is 79.4 Å². The maximum atomic E-state index is 10.7. The maximum absolute atomic E-state index is 10.7. The van der Waals surface area contributed by atoms with Crippen LogP contribution in [-0.2, 0) is 13.1 Å². The summed E-state index contributed by atoms with van der Waals surface area (Å²) in [5, 5.41) is 11.5. The standard InChI is InChI=1S/C8H9NO3S/c1-12-7-6-3-9(8(10)11)2-5(6)4-13-7/h4H,2-3H2,1H3,(H,10,11). The summed E-state index contributed by atoms with van der Waals surface area (Å²) in [6.07, 6.45) is -0.872. The van der Waals surface area contributed by atoms with Crippen LogP contribution in [0.2, 0.25) is 0 Å². The number of fused-ring (bicyclic) bond motifs is 1. The fourth-order valence-electron chi connectivity index (χ4n) is 1.46. The number of carbonyl (C=O) groups is 1. The SMILES string of the molecule is COc1scc2c1CN(C(=O)O)C2. The van der Waals surface area contributed by atoms with Crippen molar-refractivity contribution in [1.29, 1.82) is 0 Å². The average Bonchev–Trinajstić information content (AvgIpc) is 2.60. The van der Waals surface area contributed by atoms with E-state index in [0.29, 0.717) is 13.1 Å². The lowest BCUT2D eigenvalue weighted by Crippen LogP contribution is -2.22. The van der Waals surface area contributed by atoms with Gasteiger partial charge in [-0.3, -0.25) is 4.90 Å². The molecule has 0 unspecified atom stereocenters. The molecule has 0 spiro atoms. The number of rotatable bonds is 1. The summed E-state index contributed by atoms with van der Waals surface area (Å²) in [6.45, 7) is 0.946. The molecule has 1 N–H and O–H groups in total. The maximum Gasteiger partial charge on any atom is 0.407 e. The average molecular weight is 199 g/mol. The van der Waals surface area contributed by atoms with Crippen LogP contribution in [0.4, 0.5) is 4.79 Å². The second kappa shape index (κ2) is 2.92. The molecule has 0 fully saturated rings. The Bertz CT molecular complexity index is 347. The van der Waals surface area contributed by atoms with Crippen molar-refractivity contribution in [3.05, 3.63) is 16.5 Å². The molecule has 0 bridgehead atoms. The summed E-state index contributed by atoms with van der Waals surface area (Å²) in [5.41, 5.74) is 2.10. The van der Waals surface area contributed by atoms with Crippen molar-refractivity contribution >= 4 is 17.4 Å². The highest BCUT2D eigenvalue weighted by atomic mass is 32.1. The molecule has 2 heterocycles. The van der Waals surface area contributed by atoms with Crippen molar-refractivity contribution in [2.24, 2.45) is 0 Å². The Kier molecular flexibility index (Phi) is 1.88. The lowest BCUT2D eigenvalue weighted by molar-refractivity contribution is 0.145. The van der Waals surface area contributed by atoms with Crippen molar-refractivity contribution in [3.8, 4) is 5.06 Å². The van der Waals surface area contributed by atoms with E-state index in [9.17, 15) is 4.79 Å². The van der Waals surface area contributed by atoms with Crippen molar-refractivity contribution in [2.45, 2.75) is 13.1 Å². The third-order valence-electron chi connectivity index (χ3n) is 2.11. The van der Waals surface area contributed by atoms with Gasteiger partial charge in [0.15, 0.2) is 5.06 Å². The lowest BCUT2D eigenvalue weighted by Gasteiger charge is -2.09. The van der Waals surface area contributed by atoms with E-state index >= 15 is 0 Å². The quantitative estimate of drug-likeness (QED) is 0.749. The molecule has 1 aromatic rings. The molecule has 0 radical (unpaired) electrons. The van der Waals surface area contributed by atoms with Crippen molar-refractivity contribution in [1.82, 2.24) is 4.90 Å². The molecule has 1 aliphatic rings. The monoisotopic (exact) mass is 199 g/mol. The van der Waals surface area contributed by atoms with E-state index in [-0.39, 0.29) is 0 Å². The van der Waals surface area contributed by atoms with Crippen LogP contribution in [0.15, 0.2) is 5.38 Å². The molecular formula is C8H9NO3S. The second-order valence-corrected chi connectivity index (χ2v) is 3.71. The molecule has 0 aromatic carbocycles. The highest BCUT2D eigenvalue weighted by molar-refractivity contribution is 7.12. The normalized spacial score (nSPS) is 14.4. The molecule has 5 heteroatoms. The van der Waals surface area contributed by atoms with Gasteiger partial charge in [0.25, 0.3) is 0 Å². The third-order valence-corrected chi connectivity index (χ3v) is 3.14. The second-order valence-electron chi connectivity index (χ2n) is 2.87. The Hall–Kier alpha value is -1.23. The number of carboxylic acid groups (broad SMARTS) is 1. The molecule has 1 aliphatic heterocycles. The van der Waals surface area contributed by atoms with Crippen LogP contribution in [0, 0.1) is 0 Å². The van der Waals surface area contributed by atoms with E-state index in [1.54, 1.807) is 7.11 Å². The van der Waals surface area contributed by atoms with Crippen LogP contribution in [0.5, 0.6) is 5.06 Å². The van der Waals surface area contributed by atoms with E-state index in [4.69, 9.17) is 9.84 Å². The van der Waals surface area contributed by atoms with Crippen molar-refractivity contribution in [2.75, 3.05) is 7.11 Å². The molecule has 4 nitrogen and oxygen atoms in total. The van der Waals surface area contributed by atoms with E-state index in [1.165, 1.54) is 16.2 Å². The molecule has 2 rings (SSSR count). The fourth-order valence-corrected chi connectivity index (χ4v) is 2.36. The zero-order valence-corrected chi connectivity index (χ0v) is 7.93. The number of nitrogens with zero attached hydrogens (tertiary/aromatic N) is 1. The first-order chi connectivity index (χ1) is 6.22. The Morgan fingerprint density at radius 2 is 2.46 bits per heavy atom. The van der Waals surface area contributed by atoms with Crippen molar-refractivity contribution in [3.63, 3.8) is 0 Å². The number of thiophene rings is 1. The number of methoxy groups -OCH3 is 1. The van der Waals surface area contributed by atoms with E-state index in [2.05, 4.69) is 0 Å². The van der Waals surface area contributed by atoms with Crippen LogP contribution < -0.4 is 4.74 Å². The molecular weight excluding hydrogens is 190 g/mol. The Morgan fingerprint density at radius 3 is 3.08 bits per heavy atom. The first-order valence-electron chi connectivity index (χ1n) is 3.83. The first kappa shape index (κ1) is 8.37. The minimum atomic E-state index is -0.872. The third kappa shape index (κ3) is 1.25. The Morgan fingerprint density at radius 1 is 1.69 bits per heavy atom. The molecule has 1 aromatic heterocycles. The fraction of sp³-hybridized carbons (Fsp3) is 0.375. The van der Waals surface area contributed by atoms with Gasteiger partial charge >= 0.3 is 6.09 Å². The summed E-state index contributed by atoms with van der Waals surface area (Å²) >= 11 is 1.52. The molecule has 0 aliphatic carbocycles. The van der Waals surface area contributed by atoms with Gasteiger partial charge in [0.1, 0.15) is 0 Å². The van der Waals surface area contributed by atoms with Gasteiger partial charge in [-0.15, -0.1) is 11.3 Å². The largest absolute Gasteiger partial charge is 0.487 e. The number of ether oxygens (including phenoxy) is 1. The van der Waals surface area contributed by atoms with Crippen LogP contribution in [-0.4, -0.2) is 23.2 Å². The highest BCUT2D eigenvalue weighted by Gasteiger charge is 2.26. The van der Waals surface area contributed by atoms with Gasteiger partial charge in [0.2, 0.25) is 0 Å². The lowest BCUT2D eigenvalue weighted by atomic mass is 10.2. The van der Waals surface area contributed by atoms with Gasteiger partial charge in [-0.1, -0.05) is 0 Å². The van der Waals surface area contributed by atoms with Crippen LogP contribution >= 0.6 is 11.3 Å². The Balaban J connectivity index is 2.26. The summed E-state index contributed by atoms with van der Waals surface area (Å²) < 4.78 is 5.12. The molecule has 1 amide bonds. The van der Waals surface area contributed by atoms with Crippen LogP contribution in [0.25, 0.3) is 0 Å². The molecule has 0 saturated carbocycles. The topological polar surface area (TPSA) is 49.8 Å². The predicted octanol–water partition coefficient (Wildman–Crippen LogP) is 1.75. The van der Waals surface area contributed by atoms with Gasteiger partial charge in [-0.25, -0.2) is 4.79 Å². The van der Waals surface area contributed by atoms with Gasteiger partial charge < -0.3 is 9.84 Å². The number of amides is 1. The van der Waals surface area contributed by atoms with E-state index in [1.807, 2.05) is 5.38 Å². The summed E-state index contributed by atoms with van der Waals surface area (Å²) in [6, 6.07) is 0. The number of hydrogen-bond donors (Lipinski definition) is 1. The first-order valence-corrected chi connectivity index (χ1v) is 4.71. The smallest absolute Gasteiger partial charge is 0.407 e. The summed E-state index contributed by atoms with van der Waals surface area (Å²) in [7, 11) is 1.61. The van der Waals surface area contributed by atoms with Gasteiger partial charge in [0.05, 0.1) is 20.2 Å². The number of hydrogen-bond acceptors (Lipinski definition) is 3. The zero-order valence-electron chi connectivity index (χ0n) is 7.11.